The monoisotopic (exact) mass is 724 g/mol. The van der Waals surface area contributed by atoms with Crippen molar-refractivity contribution in [2.45, 2.75) is 88.1 Å². The van der Waals surface area contributed by atoms with Gasteiger partial charge in [0.2, 0.25) is 21.8 Å². The summed E-state index contributed by atoms with van der Waals surface area (Å²) in [5.41, 5.74) is -0.972. The summed E-state index contributed by atoms with van der Waals surface area (Å²) >= 11 is 0. The number of hydrogen-bond donors (Lipinski definition) is 3. The van der Waals surface area contributed by atoms with E-state index in [0.717, 1.165) is 5.56 Å². The second-order valence-electron chi connectivity index (χ2n) is 14.6. The Morgan fingerprint density at radius 1 is 1.22 bits per heavy atom. The minimum absolute atomic E-state index is 0.00264. The van der Waals surface area contributed by atoms with E-state index in [2.05, 4.69) is 37.3 Å². The van der Waals surface area contributed by atoms with Crippen LogP contribution in [-0.4, -0.2) is 100 Å². The minimum Gasteiger partial charge on any atom is -0.496 e. The molecule has 5 atom stereocenters. The standard InChI is InChI=1S/C34H44N8O8S/c1-6-22-18-34(22,31(45)39-51(47,48)24-12-13-24)36-29(43)25-17-21-19-41(25)30(44)27(33(2,3)4)35-32(46)50-15-9-7-8-10-20-16-23(11-14-26(20)49-5)42-38-28(21)37-40-42/h6,8,10-11,14,16,21-22,24-25,27H,1,7,9,12-13,15,17-19H2,2-5H3,(H,35,46)(H,36,43)(H,39,45)/b10-8+/t21-,22?,25+,27-,34-/m1/s1. The van der Waals surface area contributed by atoms with Crippen LogP contribution in [0.4, 0.5) is 4.79 Å². The molecule has 4 amide bonds. The van der Waals surface area contributed by atoms with Crippen molar-refractivity contribution in [3.63, 3.8) is 0 Å². The molecular formula is C34H44N8O8S. The maximum absolute atomic E-state index is 14.4. The number of benzene rings is 1. The molecule has 1 aromatic carbocycles. The predicted molar refractivity (Wildman–Crippen MR) is 184 cm³/mol. The Balaban J connectivity index is 1.34. The third-order valence-electron chi connectivity index (χ3n) is 9.79. The number of nitrogens with one attached hydrogen (secondary N) is 3. The number of nitrogens with zero attached hydrogens (tertiary/aromatic N) is 5. The summed E-state index contributed by atoms with van der Waals surface area (Å²) < 4.78 is 38.4. The van der Waals surface area contributed by atoms with E-state index in [1.807, 2.05) is 18.2 Å². The van der Waals surface area contributed by atoms with Gasteiger partial charge in [-0.3, -0.25) is 19.1 Å². The first-order chi connectivity index (χ1) is 24.2. The number of carbonyl (C=O) groups excluding carboxylic acids is 4. The highest BCUT2D eigenvalue weighted by atomic mass is 32.2. The average Bonchev–Trinajstić information content (AvgIpc) is 3.96. The number of allylic oxidation sites excluding steroid dienone is 1. The number of methoxy groups -OCH3 is 1. The van der Waals surface area contributed by atoms with Crippen LogP contribution in [0.3, 0.4) is 0 Å². The highest BCUT2D eigenvalue weighted by Gasteiger charge is 2.62. The third kappa shape index (κ3) is 7.48. The summed E-state index contributed by atoms with van der Waals surface area (Å²) in [5.74, 6) is -2.20. The molecule has 1 aromatic heterocycles. The van der Waals surface area contributed by atoms with E-state index >= 15 is 0 Å². The Morgan fingerprint density at radius 3 is 2.65 bits per heavy atom. The molecule has 274 valence electrons. The van der Waals surface area contributed by atoms with Crippen molar-refractivity contribution in [2.24, 2.45) is 11.3 Å². The van der Waals surface area contributed by atoms with Gasteiger partial charge in [0.15, 0.2) is 5.82 Å². The van der Waals surface area contributed by atoms with Gasteiger partial charge in [0.1, 0.15) is 23.4 Å². The van der Waals surface area contributed by atoms with E-state index in [-0.39, 0.29) is 31.8 Å². The summed E-state index contributed by atoms with van der Waals surface area (Å²) in [4.78, 5) is 57.8. The molecule has 3 N–H and O–H groups in total. The van der Waals surface area contributed by atoms with Crippen LogP contribution >= 0.6 is 0 Å². The number of rotatable bonds is 7. The van der Waals surface area contributed by atoms with E-state index in [9.17, 15) is 27.6 Å². The van der Waals surface area contributed by atoms with Gasteiger partial charge in [0.05, 0.1) is 24.7 Å². The lowest BCUT2D eigenvalue weighted by Gasteiger charge is -2.35. The first kappa shape index (κ1) is 36.0. The quantitative estimate of drug-likeness (QED) is 0.352. The van der Waals surface area contributed by atoms with E-state index in [1.165, 1.54) is 15.8 Å². The molecule has 2 aliphatic carbocycles. The molecule has 6 bridgehead atoms. The molecule has 51 heavy (non-hydrogen) atoms. The van der Waals surface area contributed by atoms with Crippen molar-refractivity contribution in [1.82, 2.24) is 40.5 Å². The van der Waals surface area contributed by atoms with Crippen LogP contribution in [-0.2, 0) is 29.1 Å². The van der Waals surface area contributed by atoms with E-state index in [4.69, 9.17) is 9.47 Å². The van der Waals surface area contributed by atoms with Gasteiger partial charge in [-0.1, -0.05) is 39.0 Å². The van der Waals surface area contributed by atoms with Crippen molar-refractivity contribution in [2.75, 3.05) is 20.3 Å². The molecule has 17 heteroatoms. The molecule has 2 aliphatic heterocycles. The smallest absolute Gasteiger partial charge is 0.407 e. The topological polar surface area (TPSA) is 204 Å². The van der Waals surface area contributed by atoms with Gasteiger partial charge in [-0.25, -0.2) is 13.2 Å². The third-order valence-corrected chi connectivity index (χ3v) is 11.6. The molecule has 1 saturated heterocycles. The number of amides is 4. The number of fused-ring (bicyclic) bond motifs is 8. The molecule has 4 aliphatic rings. The number of alkyl carbamates (subject to hydrolysis) is 1. The number of sulfonamides is 1. The van der Waals surface area contributed by atoms with Crippen molar-refractivity contribution >= 4 is 39.9 Å². The lowest BCUT2D eigenvalue weighted by atomic mass is 9.85. The van der Waals surface area contributed by atoms with Gasteiger partial charge in [0, 0.05) is 23.9 Å². The summed E-state index contributed by atoms with van der Waals surface area (Å²) in [6.07, 6.45) is 6.80. The predicted octanol–water partition coefficient (Wildman–Crippen LogP) is 1.97. The maximum atomic E-state index is 14.4. The zero-order valence-electron chi connectivity index (χ0n) is 29.1. The van der Waals surface area contributed by atoms with Crippen LogP contribution in [0.1, 0.15) is 76.6 Å². The molecule has 2 saturated carbocycles. The number of cyclic esters (lactones) is 1. The van der Waals surface area contributed by atoms with Gasteiger partial charge in [-0.05, 0) is 67.4 Å². The number of carbonyl (C=O) groups is 4. The summed E-state index contributed by atoms with van der Waals surface area (Å²) in [6.45, 7) is 9.22. The highest BCUT2D eigenvalue weighted by molar-refractivity contribution is 7.91. The number of hydrogen-bond acceptors (Lipinski definition) is 11. The second kappa shape index (κ2) is 13.7. The van der Waals surface area contributed by atoms with Gasteiger partial charge < -0.3 is 25.0 Å². The second-order valence-corrected chi connectivity index (χ2v) is 16.6. The Labute approximate surface area is 296 Å². The Morgan fingerprint density at radius 2 is 1.98 bits per heavy atom. The number of aromatic nitrogens is 4. The molecule has 2 aromatic rings. The van der Waals surface area contributed by atoms with E-state index in [0.29, 0.717) is 37.1 Å². The Bertz CT molecular complexity index is 1870. The summed E-state index contributed by atoms with van der Waals surface area (Å²) in [6, 6.07) is 3.18. The van der Waals surface area contributed by atoms with Crippen LogP contribution in [0.2, 0.25) is 0 Å². The molecule has 1 unspecified atom stereocenters. The highest BCUT2D eigenvalue weighted by Crippen LogP contribution is 2.46. The van der Waals surface area contributed by atoms with Gasteiger partial charge in [0.25, 0.3) is 5.91 Å². The number of ether oxygens (including phenoxy) is 2. The normalized spacial score (nSPS) is 27.5. The Kier molecular flexibility index (Phi) is 9.69. The first-order valence-electron chi connectivity index (χ1n) is 17.1. The number of tetrazole rings is 1. The van der Waals surface area contributed by atoms with Crippen LogP contribution in [0.5, 0.6) is 5.75 Å². The van der Waals surface area contributed by atoms with Crippen LogP contribution in [0.15, 0.2) is 36.9 Å². The summed E-state index contributed by atoms with van der Waals surface area (Å²) in [5, 5.41) is 18.0. The largest absolute Gasteiger partial charge is 0.496 e. The zero-order chi connectivity index (χ0) is 36.7. The van der Waals surface area contributed by atoms with Gasteiger partial charge in [-0.2, -0.15) is 0 Å². The van der Waals surface area contributed by atoms with Crippen LogP contribution in [0, 0.1) is 11.3 Å². The molecule has 0 spiro atoms. The Hall–Kier alpha value is -4.80. The molecule has 3 heterocycles. The summed E-state index contributed by atoms with van der Waals surface area (Å²) in [7, 11) is -2.32. The van der Waals surface area contributed by atoms with Crippen molar-refractivity contribution in [1.29, 1.82) is 0 Å². The molecule has 16 nitrogen and oxygen atoms in total. The van der Waals surface area contributed by atoms with Crippen molar-refractivity contribution < 1.29 is 37.1 Å². The van der Waals surface area contributed by atoms with E-state index in [1.54, 1.807) is 40.0 Å². The molecule has 3 fully saturated rings. The molecular weight excluding hydrogens is 680 g/mol. The lowest BCUT2D eigenvalue weighted by molar-refractivity contribution is -0.142. The van der Waals surface area contributed by atoms with Crippen LogP contribution < -0.4 is 20.1 Å². The fourth-order valence-electron chi connectivity index (χ4n) is 6.56. The average molecular weight is 725 g/mol. The van der Waals surface area contributed by atoms with Crippen molar-refractivity contribution in [3.8, 4) is 11.4 Å². The van der Waals surface area contributed by atoms with Gasteiger partial charge in [-0.15, -0.1) is 21.6 Å². The van der Waals surface area contributed by atoms with Gasteiger partial charge >= 0.3 is 6.09 Å². The lowest BCUT2D eigenvalue weighted by Crippen LogP contribution is -2.60. The van der Waals surface area contributed by atoms with Crippen molar-refractivity contribution in [3.05, 3.63) is 48.3 Å². The molecule has 0 radical (unpaired) electrons. The zero-order valence-corrected chi connectivity index (χ0v) is 29.9. The SMILES string of the molecule is C=CC1C[C@]1(NC(=O)[C@@H]1C[C@@H]2CN1C(=O)[C@H](C(C)(C)C)NC(=O)OCCC/C=C/c1cc(ccc1OC)-n1nnc2n1)C(=O)NS(=O)(=O)C1CC1. The van der Waals surface area contributed by atoms with E-state index < -0.39 is 74.0 Å². The first-order valence-corrected chi connectivity index (χ1v) is 18.6. The van der Waals surface area contributed by atoms with Crippen LogP contribution in [0.25, 0.3) is 11.8 Å². The fraction of sp³-hybridized carbons (Fsp3) is 0.559. The maximum Gasteiger partial charge on any atom is 0.407 e. The fourth-order valence-corrected chi connectivity index (χ4v) is 7.92. The minimum atomic E-state index is -3.89. The molecule has 6 rings (SSSR count).